The largest absolute Gasteiger partial charge is 0.487 e. The summed E-state index contributed by atoms with van der Waals surface area (Å²) in [7, 11) is 1.68. The van der Waals surface area contributed by atoms with Crippen molar-refractivity contribution >= 4 is 18.2 Å². The minimum atomic E-state index is -0.613. The van der Waals surface area contributed by atoms with Crippen LogP contribution in [-0.2, 0) is 9.47 Å². The molecule has 13 heteroatoms. The maximum Gasteiger partial charge on any atom is 0.234 e. The maximum atomic E-state index is 10.3. The number of rotatable bonds is 15. The van der Waals surface area contributed by atoms with Gasteiger partial charge in [0.15, 0.2) is 0 Å². The highest BCUT2D eigenvalue weighted by molar-refractivity contribution is 5.95. The zero-order chi connectivity index (χ0) is 33.1. The van der Waals surface area contributed by atoms with Crippen LogP contribution in [0.3, 0.4) is 0 Å². The number of benzene rings is 1. The van der Waals surface area contributed by atoms with Crippen molar-refractivity contribution in [1.29, 1.82) is 10.7 Å². The fourth-order valence-corrected chi connectivity index (χ4v) is 5.93. The van der Waals surface area contributed by atoms with Crippen molar-refractivity contribution in [2.75, 3.05) is 51.8 Å². The van der Waals surface area contributed by atoms with E-state index >= 15 is 0 Å². The molecule has 0 unspecified atom stereocenters. The van der Waals surface area contributed by atoms with E-state index in [-0.39, 0.29) is 6.10 Å². The molecule has 5 rings (SSSR count). The Hall–Kier alpha value is -4.25. The van der Waals surface area contributed by atoms with E-state index in [2.05, 4.69) is 41.9 Å². The van der Waals surface area contributed by atoms with Crippen LogP contribution < -0.4 is 20.7 Å². The molecule has 0 amide bonds. The summed E-state index contributed by atoms with van der Waals surface area (Å²) in [5, 5.41) is 36.7. The molecule has 2 aliphatic carbocycles. The molecule has 1 aliphatic heterocycles. The van der Waals surface area contributed by atoms with Gasteiger partial charge in [-0.25, -0.2) is 9.97 Å². The van der Waals surface area contributed by atoms with Crippen LogP contribution >= 0.6 is 0 Å². The molecule has 5 N–H and O–H groups in total. The summed E-state index contributed by atoms with van der Waals surface area (Å²) in [6, 6.07) is 8.47. The second-order valence-electron chi connectivity index (χ2n) is 12.5. The van der Waals surface area contributed by atoms with E-state index in [4.69, 9.17) is 19.6 Å². The first-order chi connectivity index (χ1) is 22.9. The van der Waals surface area contributed by atoms with Crippen molar-refractivity contribution < 1.29 is 19.3 Å². The first kappa shape index (κ1) is 34.1. The average molecular weight is 646 g/mol. The highest BCUT2D eigenvalue weighted by atomic mass is 16.5. The minimum absolute atomic E-state index is 0.246. The van der Waals surface area contributed by atoms with Gasteiger partial charge < -0.3 is 35.3 Å². The molecule has 3 aliphatic rings. The molecule has 13 nitrogen and oxygen atoms in total. The molecule has 2 saturated carbocycles. The number of hydrogen-bond acceptors (Lipinski definition) is 12. The lowest BCUT2D eigenvalue weighted by Gasteiger charge is -2.38. The number of nitrogens with zero attached hydrogens (tertiary/aromatic N) is 5. The Balaban J connectivity index is 1.26. The molecule has 2 aromatic rings. The van der Waals surface area contributed by atoms with Crippen molar-refractivity contribution in [3.8, 4) is 22.9 Å². The zero-order valence-corrected chi connectivity index (χ0v) is 27.4. The smallest absolute Gasteiger partial charge is 0.234 e. The van der Waals surface area contributed by atoms with Crippen LogP contribution in [0.25, 0.3) is 11.1 Å². The lowest BCUT2D eigenvalue weighted by Crippen LogP contribution is -2.46. The Morgan fingerprint density at radius 1 is 1.21 bits per heavy atom. The Labute approximate surface area is 276 Å². The van der Waals surface area contributed by atoms with Gasteiger partial charge >= 0.3 is 0 Å². The van der Waals surface area contributed by atoms with E-state index in [9.17, 15) is 10.4 Å². The van der Waals surface area contributed by atoms with Gasteiger partial charge in [0, 0.05) is 62.8 Å². The van der Waals surface area contributed by atoms with Crippen molar-refractivity contribution in [2.24, 2.45) is 4.99 Å². The molecule has 252 valence electrons. The molecule has 47 heavy (non-hydrogen) atoms. The summed E-state index contributed by atoms with van der Waals surface area (Å²) in [6.07, 6.45) is 12.8. The van der Waals surface area contributed by atoms with Gasteiger partial charge in [0.25, 0.3) is 0 Å². The SMILES string of the molecule is C/N=C(OCCC1(O)CC1)\C(=C/NC1CCC(N2CCOCC2)CC1)Nc1ncc(-c2ccc(C#N)c(O[C@@H](C)CNC=N)c2)cn1. The quantitative estimate of drug-likeness (QED) is 0.142. The van der Waals surface area contributed by atoms with Gasteiger partial charge in [0.2, 0.25) is 11.8 Å². The Kier molecular flexibility index (Phi) is 12.0. The second kappa shape index (κ2) is 16.5. The number of nitriles is 1. The fourth-order valence-electron chi connectivity index (χ4n) is 5.93. The Bertz CT molecular complexity index is 1420. The van der Waals surface area contributed by atoms with E-state index in [1.54, 1.807) is 31.6 Å². The van der Waals surface area contributed by atoms with Gasteiger partial charge in [-0.2, -0.15) is 5.26 Å². The van der Waals surface area contributed by atoms with Gasteiger partial charge in [-0.1, -0.05) is 6.07 Å². The van der Waals surface area contributed by atoms with E-state index in [0.717, 1.165) is 82.3 Å². The predicted octanol–water partition coefficient (Wildman–Crippen LogP) is 3.43. The third-order valence-corrected chi connectivity index (χ3v) is 8.96. The van der Waals surface area contributed by atoms with E-state index in [1.165, 1.54) is 0 Å². The van der Waals surface area contributed by atoms with E-state index < -0.39 is 5.60 Å². The van der Waals surface area contributed by atoms with Crippen LogP contribution in [0, 0.1) is 16.7 Å². The normalized spacial score (nSPS) is 22.0. The number of nitrogens with one attached hydrogen (secondary N) is 4. The molecular formula is C34H47N9O4. The lowest BCUT2D eigenvalue weighted by molar-refractivity contribution is 0.00690. The van der Waals surface area contributed by atoms with Crippen molar-refractivity contribution in [2.45, 2.75) is 75.7 Å². The number of hydrogen-bond donors (Lipinski definition) is 5. The Morgan fingerprint density at radius 3 is 2.62 bits per heavy atom. The molecule has 0 bridgehead atoms. The van der Waals surface area contributed by atoms with Gasteiger partial charge in [-0.05, 0) is 63.1 Å². The highest BCUT2D eigenvalue weighted by Gasteiger charge is 2.40. The zero-order valence-electron chi connectivity index (χ0n) is 27.4. The lowest BCUT2D eigenvalue weighted by atomic mass is 9.90. The summed E-state index contributed by atoms with van der Waals surface area (Å²) in [6.45, 7) is 6.34. The summed E-state index contributed by atoms with van der Waals surface area (Å²) < 4.78 is 17.6. The highest BCUT2D eigenvalue weighted by Crippen LogP contribution is 2.38. The Morgan fingerprint density at radius 2 is 1.96 bits per heavy atom. The van der Waals surface area contributed by atoms with E-state index in [1.807, 2.05) is 19.2 Å². The fraction of sp³-hybridized carbons (Fsp3) is 0.559. The van der Waals surface area contributed by atoms with Crippen LogP contribution in [-0.4, -0.2) is 103 Å². The third kappa shape index (κ3) is 9.87. The number of morpholine rings is 1. The van der Waals surface area contributed by atoms with Crippen LogP contribution in [0.1, 0.15) is 57.4 Å². The molecule has 3 fully saturated rings. The van der Waals surface area contributed by atoms with Crippen molar-refractivity contribution in [3.05, 3.63) is 48.1 Å². The topological polar surface area (TPSA) is 173 Å². The van der Waals surface area contributed by atoms with Gasteiger partial charge in [0.05, 0.1) is 43.9 Å². The first-order valence-electron chi connectivity index (χ1n) is 16.5. The van der Waals surface area contributed by atoms with Crippen LogP contribution in [0.4, 0.5) is 5.95 Å². The maximum absolute atomic E-state index is 10.3. The second-order valence-corrected chi connectivity index (χ2v) is 12.5. The van der Waals surface area contributed by atoms with Crippen LogP contribution in [0.15, 0.2) is 47.5 Å². The molecule has 1 aromatic carbocycles. The molecule has 1 aromatic heterocycles. The van der Waals surface area contributed by atoms with Gasteiger partial charge in [-0.15, -0.1) is 0 Å². The van der Waals surface area contributed by atoms with Crippen LogP contribution in [0.2, 0.25) is 0 Å². The molecular weight excluding hydrogens is 598 g/mol. The summed E-state index contributed by atoms with van der Waals surface area (Å²) >= 11 is 0. The standard InChI is InChI=1S/C34H47N9O4/c1-24(19-38-23-36)47-31-17-25(3-4-26(31)18-35)27-20-40-33(41-21-27)42-30(32(37-2)46-14-11-34(44)9-10-34)22-39-28-5-7-29(8-6-28)43-12-15-45-16-13-43/h3-4,17,20-24,28-29,39,44H,5-16,19H2,1-2H3,(H2,36,38)(H,40,41,42)/b30-22+,37-32+/t24-,28?,29?/m0/s1. The first-order valence-corrected chi connectivity index (χ1v) is 16.5. The number of ether oxygens (including phenoxy) is 3. The van der Waals surface area contributed by atoms with Gasteiger partial charge in [-0.3, -0.25) is 15.3 Å². The van der Waals surface area contributed by atoms with Crippen molar-refractivity contribution in [3.63, 3.8) is 0 Å². The van der Waals surface area contributed by atoms with Gasteiger partial charge in [0.1, 0.15) is 23.6 Å². The number of aliphatic imine (C=N–C) groups is 1. The monoisotopic (exact) mass is 645 g/mol. The number of aliphatic hydroxyl groups is 1. The van der Waals surface area contributed by atoms with Crippen LogP contribution in [0.5, 0.6) is 5.75 Å². The summed E-state index contributed by atoms with van der Waals surface area (Å²) in [5.74, 6) is 1.25. The molecule has 0 spiro atoms. The number of anilines is 1. The van der Waals surface area contributed by atoms with Crippen molar-refractivity contribution in [1.82, 2.24) is 25.5 Å². The minimum Gasteiger partial charge on any atom is -0.487 e. The predicted molar refractivity (Wildman–Crippen MR) is 180 cm³/mol. The van der Waals surface area contributed by atoms with E-state index in [0.29, 0.717) is 60.5 Å². The summed E-state index contributed by atoms with van der Waals surface area (Å²) in [4.78, 5) is 16.1. The summed E-state index contributed by atoms with van der Waals surface area (Å²) in [5.41, 5.74) is 1.99. The average Bonchev–Trinajstić information content (AvgIpc) is 3.85. The molecule has 1 saturated heterocycles. The third-order valence-electron chi connectivity index (χ3n) is 8.96. The molecule has 1 atom stereocenters. The molecule has 0 radical (unpaired) electrons. The molecule has 2 heterocycles. The number of aromatic nitrogens is 2.